The molecule has 0 unspecified atom stereocenters. The largest absolute Gasteiger partial charge is 0.497 e. The molecule has 11 nitrogen and oxygen atoms in total. The van der Waals surface area contributed by atoms with Gasteiger partial charge >= 0.3 is 6.03 Å². The van der Waals surface area contributed by atoms with E-state index in [1.807, 2.05) is 6.92 Å². The number of aliphatic hydroxyl groups excluding tert-OH is 1. The highest BCUT2D eigenvalue weighted by Gasteiger charge is 2.32. The Labute approximate surface area is 223 Å². The number of nitrogens with zero attached hydrogens (tertiary/aromatic N) is 2. The molecule has 3 atom stereocenters. The molecule has 2 aromatic rings. The zero-order chi connectivity index (χ0) is 28.0. The predicted molar refractivity (Wildman–Crippen MR) is 145 cm³/mol. The zero-order valence-electron chi connectivity index (χ0n) is 22.3. The standard InChI is InChI=1S/C26H36N4O7S/c1-17-14-30(18(2)16-31)25(32)13-19-12-21(28-38(5,34)35)8-11-23(19)37-24(17)15-29(3)26(33)27-20-6-9-22(36-4)10-7-20/h6-12,17-18,24,28,31H,13-16H2,1-5H3,(H,27,33)/t17-,18-,24+/m0/s1. The van der Waals surface area contributed by atoms with Crippen LogP contribution in [0.25, 0.3) is 0 Å². The highest BCUT2D eigenvalue weighted by Crippen LogP contribution is 2.29. The lowest BCUT2D eigenvalue weighted by atomic mass is 10.0. The smallest absolute Gasteiger partial charge is 0.321 e. The number of urea groups is 1. The molecule has 0 saturated heterocycles. The van der Waals surface area contributed by atoms with Crippen molar-refractivity contribution in [2.75, 3.05) is 50.1 Å². The zero-order valence-corrected chi connectivity index (χ0v) is 23.1. The molecule has 3 N–H and O–H groups in total. The van der Waals surface area contributed by atoms with E-state index in [1.165, 1.54) is 4.90 Å². The summed E-state index contributed by atoms with van der Waals surface area (Å²) in [7, 11) is -0.301. The van der Waals surface area contributed by atoms with Gasteiger partial charge in [-0.05, 0) is 49.4 Å². The maximum atomic E-state index is 13.2. The third-order valence-corrected chi connectivity index (χ3v) is 6.97. The number of aliphatic hydroxyl groups is 1. The molecule has 0 aliphatic carbocycles. The first-order valence-corrected chi connectivity index (χ1v) is 14.1. The minimum Gasteiger partial charge on any atom is -0.497 e. The van der Waals surface area contributed by atoms with Crippen LogP contribution in [0.2, 0.25) is 0 Å². The molecule has 38 heavy (non-hydrogen) atoms. The second-order valence-electron chi connectivity index (χ2n) is 9.62. The average molecular weight is 549 g/mol. The third-order valence-electron chi connectivity index (χ3n) is 6.36. The second kappa shape index (κ2) is 12.4. The fraction of sp³-hybridized carbons (Fsp3) is 0.462. The van der Waals surface area contributed by atoms with Gasteiger partial charge in [-0.3, -0.25) is 9.52 Å². The van der Waals surface area contributed by atoms with E-state index in [0.29, 0.717) is 35.0 Å². The number of ether oxygens (including phenoxy) is 2. The first-order valence-electron chi connectivity index (χ1n) is 12.2. The number of rotatable bonds is 8. The third kappa shape index (κ3) is 7.75. The Hall–Kier alpha value is -3.51. The van der Waals surface area contributed by atoms with Crippen LogP contribution in [0, 0.1) is 5.92 Å². The molecular formula is C26H36N4O7S. The lowest BCUT2D eigenvalue weighted by Crippen LogP contribution is -2.48. The fourth-order valence-electron chi connectivity index (χ4n) is 4.17. The first-order chi connectivity index (χ1) is 17.9. The lowest BCUT2D eigenvalue weighted by molar-refractivity contribution is -0.134. The van der Waals surface area contributed by atoms with Crippen LogP contribution in [0.1, 0.15) is 19.4 Å². The van der Waals surface area contributed by atoms with Crippen LogP contribution >= 0.6 is 0 Å². The summed E-state index contributed by atoms with van der Waals surface area (Å²) < 4.78 is 37.4. The van der Waals surface area contributed by atoms with Crippen molar-refractivity contribution in [1.82, 2.24) is 9.80 Å². The molecule has 1 aliphatic heterocycles. The molecule has 0 radical (unpaired) electrons. The molecule has 1 aliphatic rings. The quantitative estimate of drug-likeness (QED) is 0.461. The summed E-state index contributed by atoms with van der Waals surface area (Å²) in [5.41, 5.74) is 1.42. The van der Waals surface area contributed by atoms with Gasteiger partial charge in [0.25, 0.3) is 0 Å². The number of fused-ring (bicyclic) bond motifs is 1. The predicted octanol–water partition coefficient (Wildman–Crippen LogP) is 2.38. The number of carbonyl (C=O) groups excluding carboxylic acids is 2. The van der Waals surface area contributed by atoms with Crippen molar-refractivity contribution in [2.24, 2.45) is 5.92 Å². The molecular weight excluding hydrogens is 512 g/mol. The van der Waals surface area contributed by atoms with Gasteiger partial charge in [-0.15, -0.1) is 0 Å². The summed E-state index contributed by atoms with van der Waals surface area (Å²) in [6, 6.07) is 11.0. The van der Waals surface area contributed by atoms with Gasteiger partial charge < -0.3 is 29.7 Å². The number of sulfonamides is 1. The molecule has 1 heterocycles. The minimum absolute atomic E-state index is 0.0355. The number of benzene rings is 2. The van der Waals surface area contributed by atoms with E-state index in [1.54, 1.807) is 68.4 Å². The van der Waals surface area contributed by atoms with E-state index >= 15 is 0 Å². The topological polar surface area (TPSA) is 138 Å². The number of nitrogens with one attached hydrogen (secondary N) is 2. The summed E-state index contributed by atoms with van der Waals surface area (Å²) in [4.78, 5) is 29.3. The fourth-order valence-corrected chi connectivity index (χ4v) is 4.73. The van der Waals surface area contributed by atoms with E-state index in [2.05, 4.69) is 10.0 Å². The number of hydrogen-bond acceptors (Lipinski definition) is 7. The van der Waals surface area contributed by atoms with Gasteiger partial charge in [0.1, 0.15) is 17.6 Å². The van der Waals surface area contributed by atoms with E-state index < -0.39 is 22.2 Å². The molecule has 0 aromatic heterocycles. The Morgan fingerprint density at radius 1 is 1.24 bits per heavy atom. The number of anilines is 2. The first kappa shape index (κ1) is 29.1. The van der Waals surface area contributed by atoms with Crippen molar-refractivity contribution < 1.29 is 32.6 Å². The van der Waals surface area contributed by atoms with Crippen molar-refractivity contribution in [1.29, 1.82) is 0 Å². The van der Waals surface area contributed by atoms with Crippen LogP contribution in [0.3, 0.4) is 0 Å². The molecule has 3 rings (SSSR count). The van der Waals surface area contributed by atoms with Gasteiger partial charge in [0.2, 0.25) is 15.9 Å². The monoisotopic (exact) mass is 548 g/mol. The van der Waals surface area contributed by atoms with Crippen LogP contribution in [-0.4, -0.2) is 87.5 Å². The van der Waals surface area contributed by atoms with Crippen molar-refractivity contribution in [3.63, 3.8) is 0 Å². The van der Waals surface area contributed by atoms with Crippen molar-refractivity contribution >= 4 is 33.3 Å². The van der Waals surface area contributed by atoms with E-state index in [9.17, 15) is 23.1 Å². The van der Waals surface area contributed by atoms with Crippen molar-refractivity contribution in [3.8, 4) is 11.5 Å². The van der Waals surface area contributed by atoms with Gasteiger partial charge in [0.15, 0.2) is 0 Å². The Morgan fingerprint density at radius 2 is 1.89 bits per heavy atom. The molecule has 12 heteroatoms. The summed E-state index contributed by atoms with van der Waals surface area (Å²) in [6.07, 6.45) is 0.506. The molecule has 0 saturated carbocycles. The number of likely N-dealkylation sites (N-methyl/N-ethyl adjacent to an activating group) is 1. The van der Waals surface area contributed by atoms with Crippen LogP contribution < -0.4 is 19.5 Å². The Balaban J connectivity index is 1.87. The Kier molecular flexibility index (Phi) is 9.45. The molecule has 208 valence electrons. The van der Waals surface area contributed by atoms with Gasteiger partial charge in [0.05, 0.1) is 39.0 Å². The van der Waals surface area contributed by atoms with Crippen LogP contribution in [0.4, 0.5) is 16.2 Å². The molecule has 0 spiro atoms. The number of methoxy groups -OCH3 is 1. The highest BCUT2D eigenvalue weighted by atomic mass is 32.2. The number of carbonyl (C=O) groups is 2. The van der Waals surface area contributed by atoms with Crippen LogP contribution in [-0.2, 0) is 21.2 Å². The second-order valence-corrected chi connectivity index (χ2v) is 11.4. The normalized spacial score (nSPS) is 18.7. The molecule has 2 aromatic carbocycles. The summed E-state index contributed by atoms with van der Waals surface area (Å²) in [5.74, 6) is 0.681. The number of hydrogen-bond donors (Lipinski definition) is 3. The minimum atomic E-state index is -3.52. The lowest BCUT2D eigenvalue weighted by Gasteiger charge is -2.34. The molecule has 0 fully saturated rings. The Morgan fingerprint density at radius 3 is 2.50 bits per heavy atom. The molecule has 0 bridgehead atoms. The van der Waals surface area contributed by atoms with Gasteiger partial charge in [-0.2, -0.15) is 0 Å². The maximum Gasteiger partial charge on any atom is 0.321 e. The van der Waals surface area contributed by atoms with E-state index in [-0.39, 0.29) is 37.4 Å². The van der Waals surface area contributed by atoms with Crippen LogP contribution in [0.15, 0.2) is 42.5 Å². The summed E-state index contributed by atoms with van der Waals surface area (Å²) >= 11 is 0. The molecule has 3 amide bonds. The SMILES string of the molecule is COc1ccc(NC(=O)N(C)C[C@H]2Oc3ccc(NS(C)(=O)=O)cc3CC(=O)N([C@@H](C)CO)C[C@@H]2C)cc1. The van der Waals surface area contributed by atoms with E-state index in [4.69, 9.17) is 9.47 Å². The van der Waals surface area contributed by atoms with Crippen molar-refractivity contribution in [3.05, 3.63) is 48.0 Å². The Bertz CT molecular complexity index is 1240. The summed E-state index contributed by atoms with van der Waals surface area (Å²) in [5, 5.41) is 12.6. The van der Waals surface area contributed by atoms with Gasteiger partial charge in [0, 0.05) is 36.4 Å². The highest BCUT2D eigenvalue weighted by molar-refractivity contribution is 7.92. The van der Waals surface area contributed by atoms with Crippen molar-refractivity contribution in [2.45, 2.75) is 32.4 Å². The number of amides is 3. The van der Waals surface area contributed by atoms with E-state index in [0.717, 1.165) is 6.26 Å². The van der Waals surface area contributed by atoms with Crippen LogP contribution in [0.5, 0.6) is 11.5 Å². The van der Waals surface area contributed by atoms with Gasteiger partial charge in [-0.1, -0.05) is 6.92 Å². The average Bonchev–Trinajstić information content (AvgIpc) is 2.90. The summed E-state index contributed by atoms with van der Waals surface area (Å²) in [6.45, 7) is 3.99. The van der Waals surface area contributed by atoms with Gasteiger partial charge in [-0.25, -0.2) is 13.2 Å². The maximum absolute atomic E-state index is 13.2.